The number of benzene rings is 2. The van der Waals surface area contributed by atoms with Crippen LogP contribution < -0.4 is 31.2 Å². The molecule has 7 nitrogen and oxygen atoms in total. The number of nitrogens with two attached hydrogens (primary N) is 1. The first-order valence-corrected chi connectivity index (χ1v) is 14.5. The summed E-state index contributed by atoms with van der Waals surface area (Å²) in [6.45, 7) is 5.71. The number of carbonyl (C=O) groups is 1. The van der Waals surface area contributed by atoms with Crippen molar-refractivity contribution < 1.29 is 9.36 Å². The highest BCUT2D eigenvalue weighted by molar-refractivity contribution is 8.03. The number of pyridine rings is 1. The molecule has 5 N–H and O–H groups in total. The molecule has 1 aliphatic heterocycles. The molecule has 8 heteroatoms. The molecule has 0 aliphatic carbocycles. The Morgan fingerprint density at radius 3 is 2.42 bits per heavy atom. The lowest BCUT2D eigenvalue weighted by Crippen LogP contribution is -2.43. The Labute approximate surface area is 230 Å². The monoisotopic (exact) mass is 533 g/mol. The summed E-state index contributed by atoms with van der Waals surface area (Å²) in [6, 6.07) is 18.9. The lowest BCUT2D eigenvalue weighted by atomic mass is 10.1. The van der Waals surface area contributed by atoms with Gasteiger partial charge in [0.2, 0.25) is 12.1 Å². The second-order valence-corrected chi connectivity index (χ2v) is 10.6. The van der Waals surface area contributed by atoms with Gasteiger partial charge in [-0.2, -0.15) is 4.57 Å². The maximum Gasteiger partial charge on any atom is 0.286 e. The lowest BCUT2D eigenvalue weighted by molar-refractivity contribution is -0.658. The molecule has 2 aromatic carbocycles. The molecule has 0 saturated carbocycles. The van der Waals surface area contributed by atoms with Crippen LogP contribution in [0.4, 0.5) is 5.69 Å². The third-order valence-corrected chi connectivity index (χ3v) is 7.86. The average Bonchev–Trinajstić information content (AvgIpc) is 3.25. The Hall–Kier alpha value is -2.91. The SMILES string of the molecule is CN1/C(=C/c2cc[n+](CC(=O)NCCCNCCCCNCCCN)c3ccccc23)Sc2ccccc21. The van der Waals surface area contributed by atoms with Gasteiger partial charge in [0.25, 0.3) is 5.91 Å². The predicted molar refractivity (Wildman–Crippen MR) is 159 cm³/mol. The zero-order valence-electron chi connectivity index (χ0n) is 22.4. The van der Waals surface area contributed by atoms with Gasteiger partial charge >= 0.3 is 0 Å². The van der Waals surface area contributed by atoms with Crippen LogP contribution in [0.5, 0.6) is 0 Å². The van der Waals surface area contributed by atoms with Gasteiger partial charge in [-0.1, -0.05) is 36.0 Å². The molecule has 202 valence electrons. The number of thioether (sulfide) groups is 1. The van der Waals surface area contributed by atoms with Gasteiger partial charge in [-0.3, -0.25) is 4.79 Å². The summed E-state index contributed by atoms with van der Waals surface area (Å²) in [5.41, 5.74) is 8.93. The molecule has 1 aliphatic rings. The van der Waals surface area contributed by atoms with E-state index >= 15 is 0 Å². The van der Waals surface area contributed by atoms with E-state index in [0.717, 1.165) is 68.5 Å². The van der Waals surface area contributed by atoms with Crippen molar-refractivity contribution in [3.8, 4) is 0 Å². The van der Waals surface area contributed by atoms with Crippen molar-refractivity contribution in [3.05, 3.63) is 71.4 Å². The van der Waals surface area contributed by atoms with Crippen LogP contribution in [0, 0.1) is 0 Å². The fourth-order valence-corrected chi connectivity index (χ4v) is 5.68. The normalized spacial score (nSPS) is 13.8. The summed E-state index contributed by atoms with van der Waals surface area (Å²) in [5.74, 6) is 0.0383. The topological polar surface area (TPSA) is 86.3 Å². The van der Waals surface area contributed by atoms with Crippen molar-refractivity contribution in [1.82, 2.24) is 16.0 Å². The van der Waals surface area contributed by atoms with Gasteiger partial charge in [0.05, 0.1) is 16.1 Å². The summed E-state index contributed by atoms with van der Waals surface area (Å²) in [7, 11) is 2.11. The number of hydrogen-bond donors (Lipinski definition) is 4. The maximum absolute atomic E-state index is 12.7. The number of amides is 1. The molecule has 1 aromatic heterocycles. The van der Waals surface area contributed by atoms with Crippen LogP contribution >= 0.6 is 11.8 Å². The first kappa shape index (κ1) is 28.1. The number of para-hydroxylation sites is 2. The van der Waals surface area contributed by atoms with Gasteiger partial charge in [-0.15, -0.1) is 0 Å². The number of anilines is 1. The molecule has 0 fully saturated rings. The largest absolute Gasteiger partial charge is 0.351 e. The van der Waals surface area contributed by atoms with Crippen molar-refractivity contribution in [2.75, 3.05) is 51.2 Å². The number of hydrogen-bond acceptors (Lipinski definition) is 6. The Bertz CT molecular complexity index is 1230. The molecule has 0 saturated heterocycles. The van der Waals surface area contributed by atoms with Gasteiger partial charge in [-0.25, -0.2) is 0 Å². The fourth-order valence-electron chi connectivity index (χ4n) is 4.58. The van der Waals surface area contributed by atoms with Gasteiger partial charge in [0.15, 0.2) is 6.20 Å². The number of carbonyl (C=O) groups excluding carboxylic acids is 1. The van der Waals surface area contributed by atoms with Crippen LogP contribution in [0.1, 0.15) is 31.2 Å². The van der Waals surface area contributed by atoms with E-state index < -0.39 is 0 Å². The number of aromatic nitrogens is 1. The van der Waals surface area contributed by atoms with Gasteiger partial charge < -0.3 is 26.6 Å². The highest BCUT2D eigenvalue weighted by Crippen LogP contribution is 2.45. The van der Waals surface area contributed by atoms with Gasteiger partial charge in [0.1, 0.15) is 0 Å². The van der Waals surface area contributed by atoms with Crippen LogP contribution in [0.2, 0.25) is 0 Å². The quantitative estimate of drug-likeness (QED) is 0.177. The first-order valence-electron chi connectivity index (χ1n) is 13.7. The van der Waals surface area contributed by atoms with E-state index in [1.54, 1.807) is 11.8 Å². The van der Waals surface area contributed by atoms with E-state index in [1.165, 1.54) is 22.0 Å². The smallest absolute Gasteiger partial charge is 0.286 e. The van der Waals surface area contributed by atoms with Crippen molar-refractivity contribution in [2.24, 2.45) is 5.73 Å². The maximum atomic E-state index is 12.7. The molecule has 2 heterocycles. The molecule has 38 heavy (non-hydrogen) atoms. The summed E-state index contributed by atoms with van der Waals surface area (Å²) in [6.07, 6.45) is 8.54. The molecular formula is C30H41N6OS+. The molecule has 0 bridgehead atoms. The summed E-state index contributed by atoms with van der Waals surface area (Å²) < 4.78 is 2.03. The fraction of sp³-hybridized carbons (Fsp3) is 0.400. The Morgan fingerprint density at radius 2 is 1.63 bits per heavy atom. The minimum Gasteiger partial charge on any atom is -0.351 e. The third-order valence-electron chi connectivity index (χ3n) is 6.69. The zero-order chi connectivity index (χ0) is 26.6. The third kappa shape index (κ3) is 7.80. The molecule has 0 spiro atoms. The molecule has 3 aromatic rings. The minimum absolute atomic E-state index is 0.0383. The van der Waals surface area contributed by atoms with E-state index in [0.29, 0.717) is 13.1 Å². The number of unbranched alkanes of at least 4 members (excludes halogenated alkanes) is 1. The average molecular weight is 534 g/mol. The molecule has 0 unspecified atom stereocenters. The van der Waals surface area contributed by atoms with Crippen LogP contribution in [-0.2, 0) is 11.3 Å². The van der Waals surface area contributed by atoms with Crippen LogP contribution in [0.15, 0.2) is 70.7 Å². The van der Waals surface area contributed by atoms with E-state index in [-0.39, 0.29) is 5.91 Å². The Morgan fingerprint density at radius 1 is 0.921 bits per heavy atom. The van der Waals surface area contributed by atoms with Crippen molar-refractivity contribution >= 4 is 40.3 Å². The molecule has 4 rings (SSSR count). The van der Waals surface area contributed by atoms with Gasteiger partial charge in [0, 0.05) is 30.6 Å². The van der Waals surface area contributed by atoms with Crippen LogP contribution in [-0.4, -0.2) is 52.2 Å². The predicted octanol–water partition coefficient (Wildman–Crippen LogP) is 3.48. The number of nitrogens with zero attached hydrogens (tertiary/aromatic N) is 2. The summed E-state index contributed by atoms with van der Waals surface area (Å²) in [5, 5.41) is 12.3. The standard InChI is InChI=1S/C30H40N6OS/c1-35-27-12-4-5-13-28(27)38-30(35)22-24-14-21-36(26-11-3-2-10-25(24)26)23-29(37)34-20-9-19-33-17-7-6-16-32-18-8-15-31/h2-5,10-14,21-22,32-33H,6-9,15-20,23,31H2,1H3/p+1. The van der Waals surface area contributed by atoms with Gasteiger partial charge in [-0.05, 0) is 88.2 Å². The number of fused-ring (bicyclic) bond motifs is 2. The van der Waals surface area contributed by atoms with E-state index in [4.69, 9.17) is 5.73 Å². The second-order valence-electron chi connectivity index (χ2n) is 9.58. The Balaban J connectivity index is 1.24. The van der Waals surface area contributed by atoms with Crippen LogP contribution in [0.25, 0.3) is 17.0 Å². The minimum atomic E-state index is 0.0383. The molecular weight excluding hydrogens is 492 g/mol. The summed E-state index contributed by atoms with van der Waals surface area (Å²) in [4.78, 5) is 16.2. The number of rotatable bonds is 15. The van der Waals surface area contributed by atoms with Crippen molar-refractivity contribution in [2.45, 2.75) is 37.1 Å². The highest BCUT2D eigenvalue weighted by atomic mass is 32.2. The molecule has 1 amide bonds. The van der Waals surface area contributed by atoms with Crippen molar-refractivity contribution in [3.63, 3.8) is 0 Å². The van der Waals surface area contributed by atoms with Crippen LogP contribution in [0.3, 0.4) is 0 Å². The number of nitrogens with one attached hydrogen (secondary N) is 3. The molecule has 0 radical (unpaired) electrons. The first-order chi connectivity index (χ1) is 18.7. The highest BCUT2D eigenvalue weighted by Gasteiger charge is 2.22. The molecule has 0 atom stereocenters. The van der Waals surface area contributed by atoms with E-state index in [1.807, 2.05) is 16.8 Å². The summed E-state index contributed by atoms with van der Waals surface area (Å²) >= 11 is 1.79. The Kier molecular flexibility index (Phi) is 11.0. The van der Waals surface area contributed by atoms with E-state index in [9.17, 15) is 4.79 Å². The second kappa shape index (κ2) is 14.9. The van der Waals surface area contributed by atoms with Crippen molar-refractivity contribution in [1.29, 1.82) is 0 Å². The lowest BCUT2D eigenvalue weighted by Gasteiger charge is -2.13. The zero-order valence-corrected chi connectivity index (χ0v) is 23.2. The van der Waals surface area contributed by atoms with E-state index in [2.05, 4.69) is 82.5 Å².